The molecule has 0 aromatic carbocycles. The number of aliphatic hydroxyl groups excluding tert-OH is 2. The molecule has 0 spiro atoms. The zero-order chi connectivity index (χ0) is 11.7. The summed E-state index contributed by atoms with van der Waals surface area (Å²) in [5.41, 5.74) is 5.37. The van der Waals surface area contributed by atoms with E-state index in [9.17, 15) is 9.90 Å². The Labute approximate surface area is 89.4 Å². The molecule has 2 aromatic heterocycles. The second-order valence-electron chi connectivity index (χ2n) is 3.36. The molecule has 8 nitrogen and oxygen atoms in total. The fourth-order valence-electron chi connectivity index (χ4n) is 1.43. The standard InChI is InChI=1S/C8H11N5O3/c9-8-11-6-5(7(16)12-8)13(3-10-6)1-4(15)2-14/h3-4,14-15H,1-2H2,(H3,9,11,12,16)/t4-/m1/s1. The van der Waals surface area contributed by atoms with Crippen molar-refractivity contribution in [3.05, 3.63) is 16.7 Å². The molecule has 0 unspecified atom stereocenters. The maximum Gasteiger partial charge on any atom is 0.278 e. The van der Waals surface area contributed by atoms with Crippen LogP contribution in [0.15, 0.2) is 11.1 Å². The van der Waals surface area contributed by atoms with Crippen LogP contribution in [0.1, 0.15) is 0 Å². The molecule has 8 heteroatoms. The van der Waals surface area contributed by atoms with Gasteiger partial charge in [-0.2, -0.15) is 4.98 Å². The van der Waals surface area contributed by atoms with E-state index in [1.165, 1.54) is 10.9 Å². The average Bonchev–Trinajstić information content (AvgIpc) is 2.61. The number of aromatic nitrogens is 4. The van der Waals surface area contributed by atoms with E-state index in [-0.39, 0.29) is 30.3 Å². The molecule has 0 aliphatic carbocycles. The van der Waals surface area contributed by atoms with E-state index in [0.29, 0.717) is 0 Å². The van der Waals surface area contributed by atoms with Crippen LogP contribution < -0.4 is 11.3 Å². The van der Waals surface area contributed by atoms with Gasteiger partial charge in [-0.15, -0.1) is 0 Å². The number of imidazole rings is 1. The first-order chi connectivity index (χ1) is 7.61. The minimum Gasteiger partial charge on any atom is -0.394 e. The SMILES string of the molecule is Nc1nc2ncn(C[C@@H](O)CO)c2c(=O)[nH]1. The number of aliphatic hydroxyl groups is 2. The predicted octanol–water partition coefficient (Wildman–Crippen LogP) is -1.94. The molecular formula is C8H11N5O3. The molecular weight excluding hydrogens is 214 g/mol. The fourth-order valence-corrected chi connectivity index (χ4v) is 1.43. The van der Waals surface area contributed by atoms with Crippen LogP contribution in [0.3, 0.4) is 0 Å². The monoisotopic (exact) mass is 225 g/mol. The van der Waals surface area contributed by atoms with E-state index >= 15 is 0 Å². The Bertz CT molecular complexity index is 560. The number of aromatic amines is 1. The minimum absolute atomic E-state index is 0.00884. The number of nitrogens with one attached hydrogen (secondary N) is 1. The number of hydrogen-bond acceptors (Lipinski definition) is 6. The molecule has 0 saturated heterocycles. The van der Waals surface area contributed by atoms with Gasteiger partial charge in [0.15, 0.2) is 11.2 Å². The number of nitrogens with zero attached hydrogens (tertiary/aromatic N) is 3. The van der Waals surface area contributed by atoms with Crippen molar-refractivity contribution in [1.82, 2.24) is 19.5 Å². The first-order valence-electron chi connectivity index (χ1n) is 4.61. The van der Waals surface area contributed by atoms with Crippen molar-refractivity contribution in [1.29, 1.82) is 0 Å². The third-order valence-corrected chi connectivity index (χ3v) is 2.12. The van der Waals surface area contributed by atoms with Crippen LogP contribution in [0.5, 0.6) is 0 Å². The smallest absolute Gasteiger partial charge is 0.278 e. The van der Waals surface area contributed by atoms with Crippen molar-refractivity contribution >= 4 is 17.1 Å². The van der Waals surface area contributed by atoms with Crippen molar-refractivity contribution in [3.63, 3.8) is 0 Å². The average molecular weight is 225 g/mol. The molecule has 0 aliphatic heterocycles. The summed E-state index contributed by atoms with van der Waals surface area (Å²) < 4.78 is 1.42. The maximum atomic E-state index is 11.6. The molecule has 2 rings (SSSR count). The molecule has 86 valence electrons. The van der Waals surface area contributed by atoms with E-state index in [4.69, 9.17) is 10.8 Å². The molecule has 0 bridgehead atoms. The summed E-state index contributed by atoms with van der Waals surface area (Å²) in [6, 6.07) is 0. The zero-order valence-corrected chi connectivity index (χ0v) is 8.29. The Morgan fingerprint density at radius 1 is 1.62 bits per heavy atom. The summed E-state index contributed by atoms with van der Waals surface area (Å²) >= 11 is 0. The summed E-state index contributed by atoms with van der Waals surface area (Å²) in [4.78, 5) is 21.6. The quantitative estimate of drug-likeness (QED) is 0.480. The van der Waals surface area contributed by atoms with Crippen molar-refractivity contribution in [2.24, 2.45) is 0 Å². The van der Waals surface area contributed by atoms with Gasteiger partial charge >= 0.3 is 0 Å². The summed E-state index contributed by atoms with van der Waals surface area (Å²) in [7, 11) is 0. The Morgan fingerprint density at radius 2 is 2.38 bits per heavy atom. The molecule has 2 aromatic rings. The summed E-state index contributed by atoms with van der Waals surface area (Å²) in [6.07, 6.45) is 0.417. The van der Waals surface area contributed by atoms with E-state index in [2.05, 4.69) is 15.0 Å². The molecule has 16 heavy (non-hydrogen) atoms. The Kier molecular flexibility index (Phi) is 2.59. The Hall–Kier alpha value is -1.93. The van der Waals surface area contributed by atoms with Crippen molar-refractivity contribution in [2.45, 2.75) is 12.6 Å². The lowest BCUT2D eigenvalue weighted by atomic mass is 10.3. The largest absolute Gasteiger partial charge is 0.394 e. The molecule has 0 saturated carbocycles. The lowest BCUT2D eigenvalue weighted by Gasteiger charge is -2.07. The molecule has 0 aliphatic rings. The molecule has 0 radical (unpaired) electrons. The summed E-state index contributed by atoms with van der Waals surface area (Å²) in [5.74, 6) is -0.00884. The van der Waals surface area contributed by atoms with Crippen LogP contribution in [0.25, 0.3) is 11.2 Å². The number of H-pyrrole nitrogens is 1. The van der Waals surface area contributed by atoms with Gasteiger partial charge in [-0.05, 0) is 0 Å². The van der Waals surface area contributed by atoms with Gasteiger partial charge in [0.05, 0.1) is 25.6 Å². The molecule has 1 atom stereocenters. The van der Waals surface area contributed by atoms with E-state index < -0.39 is 11.7 Å². The van der Waals surface area contributed by atoms with Crippen LogP contribution in [0, 0.1) is 0 Å². The topological polar surface area (TPSA) is 130 Å². The normalized spacial score (nSPS) is 13.1. The van der Waals surface area contributed by atoms with Crippen molar-refractivity contribution in [2.75, 3.05) is 12.3 Å². The summed E-state index contributed by atoms with van der Waals surface area (Å²) in [5, 5.41) is 18.0. The lowest BCUT2D eigenvalue weighted by Crippen LogP contribution is -2.22. The van der Waals surface area contributed by atoms with Crippen LogP contribution >= 0.6 is 0 Å². The van der Waals surface area contributed by atoms with Crippen LogP contribution in [0.2, 0.25) is 0 Å². The second kappa shape index (κ2) is 3.91. The van der Waals surface area contributed by atoms with E-state index in [0.717, 1.165) is 0 Å². The first kappa shape index (κ1) is 10.6. The fraction of sp³-hybridized carbons (Fsp3) is 0.375. The predicted molar refractivity (Wildman–Crippen MR) is 55.7 cm³/mol. The number of nitrogens with two attached hydrogens (primary N) is 1. The highest BCUT2D eigenvalue weighted by Gasteiger charge is 2.11. The van der Waals surface area contributed by atoms with Crippen LogP contribution in [0.4, 0.5) is 5.95 Å². The summed E-state index contributed by atoms with van der Waals surface area (Å²) in [6.45, 7) is -0.318. The van der Waals surface area contributed by atoms with Gasteiger partial charge in [0.2, 0.25) is 5.95 Å². The number of anilines is 1. The van der Waals surface area contributed by atoms with E-state index in [1.807, 2.05) is 0 Å². The molecule has 5 N–H and O–H groups in total. The zero-order valence-electron chi connectivity index (χ0n) is 8.29. The maximum absolute atomic E-state index is 11.6. The van der Waals surface area contributed by atoms with Gasteiger partial charge < -0.3 is 20.5 Å². The van der Waals surface area contributed by atoms with E-state index in [1.54, 1.807) is 0 Å². The van der Waals surface area contributed by atoms with Gasteiger partial charge in [0.1, 0.15) is 0 Å². The highest BCUT2D eigenvalue weighted by Crippen LogP contribution is 2.06. The second-order valence-corrected chi connectivity index (χ2v) is 3.36. The van der Waals surface area contributed by atoms with Crippen LogP contribution in [-0.2, 0) is 6.54 Å². The molecule has 0 fully saturated rings. The lowest BCUT2D eigenvalue weighted by molar-refractivity contribution is 0.0820. The number of nitrogen functional groups attached to an aromatic ring is 1. The minimum atomic E-state index is -0.950. The highest BCUT2D eigenvalue weighted by atomic mass is 16.3. The van der Waals surface area contributed by atoms with Gasteiger partial charge in [0.25, 0.3) is 5.56 Å². The van der Waals surface area contributed by atoms with Gasteiger partial charge in [-0.3, -0.25) is 9.78 Å². The van der Waals surface area contributed by atoms with Crippen molar-refractivity contribution in [3.8, 4) is 0 Å². The number of hydrogen-bond donors (Lipinski definition) is 4. The third-order valence-electron chi connectivity index (χ3n) is 2.12. The Balaban J connectivity index is 2.52. The molecule has 2 heterocycles. The van der Waals surface area contributed by atoms with Crippen LogP contribution in [-0.4, -0.2) is 42.4 Å². The van der Waals surface area contributed by atoms with Gasteiger partial charge in [-0.25, -0.2) is 4.98 Å². The van der Waals surface area contributed by atoms with Gasteiger partial charge in [-0.1, -0.05) is 0 Å². The third kappa shape index (κ3) is 1.75. The number of fused-ring (bicyclic) bond motifs is 1. The first-order valence-corrected chi connectivity index (χ1v) is 4.61. The van der Waals surface area contributed by atoms with Crippen molar-refractivity contribution < 1.29 is 10.2 Å². The molecule has 0 amide bonds. The Morgan fingerprint density at radius 3 is 3.06 bits per heavy atom. The highest BCUT2D eigenvalue weighted by molar-refractivity contribution is 5.70. The van der Waals surface area contributed by atoms with Gasteiger partial charge in [0, 0.05) is 0 Å². The number of rotatable bonds is 3.